The minimum Gasteiger partial charge on any atom is -0.510 e. The van der Waals surface area contributed by atoms with Crippen LogP contribution in [-0.2, 0) is 17.8 Å². The van der Waals surface area contributed by atoms with Gasteiger partial charge in [-0.3, -0.25) is 14.5 Å². The molecule has 0 radical (unpaired) electrons. The Hall–Kier alpha value is -4.66. The summed E-state index contributed by atoms with van der Waals surface area (Å²) in [6.07, 6.45) is 4.76. The maximum Gasteiger partial charge on any atom is 0.281 e. The predicted molar refractivity (Wildman–Crippen MR) is 162 cm³/mol. The molecular formula is C35H36FN3O5. The van der Waals surface area contributed by atoms with Gasteiger partial charge in [0, 0.05) is 48.2 Å². The zero-order valence-corrected chi connectivity index (χ0v) is 25.2. The van der Waals surface area contributed by atoms with E-state index < -0.39 is 17.8 Å². The Bertz CT molecular complexity index is 1700. The fourth-order valence-electron chi connectivity index (χ4n) is 6.24. The van der Waals surface area contributed by atoms with E-state index in [0.29, 0.717) is 59.9 Å². The molecule has 3 aromatic rings. The van der Waals surface area contributed by atoms with Crippen molar-refractivity contribution in [2.75, 3.05) is 0 Å². The molecule has 2 aromatic carbocycles. The van der Waals surface area contributed by atoms with Crippen molar-refractivity contribution in [3.63, 3.8) is 0 Å². The lowest BCUT2D eigenvalue weighted by molar-refractivity contribution is -0.118. The lowest BCUT2D eigenvalue weighted by Crippen LogP contribution is -2.39. The summed E-state index contributed by atoms with van der Waals surface area (Å²) in [5.74, 6) is -0.430. The molecule has 9 heteroatoms. The molecule has 1 aliphatic heterocycles. The van der Waals surface area contributed by atoms with Crippen LogP contribution in [0, 0.1) is 11.2 Å². The van der Waals surface area contributed by atoms with E-state index >= 15 is 4.39 Å². The molecule has 3 aliphatic rings. The Morgan fingerprint density at radius 2 is 1.98 bits per heavy atom. The standard InChI is InChI=1S/C35H36FN3O5/c1-4-9-23-17-26(38-44-23)34(42)39-28-12-8-13-29(40)32(28)37-27-18-35(2,3)19-30(41)31(27)33(39)24-15-14-22(16-25(24)36)43-20-21-10-6-5-7-11-21/h5-7,10-12,14-17,33,37,40H,4,8-9,13,18-20H2,1-3H3. The molecule has 1 unspecified atom stereocenters. The topological polar surface area (TPSA) is 105 Å². The number of nitrogens with zero attached hydrogens (tertiary/aromatic N) is 2. The molecular weight excluding hydrogens is 561 g/mol. The molecule has 0 spiro atoms. The summed E-state index contributed by atoms with van der Waals surface area (Å²) >= 11 is 0. The number of aliphatic hydroxyl groups is 1. The number of carbonyl (C=O) groups is 2. The van der Waals surface area contributed by atoms with Gasteiger partial charge in [-0.1, -0.05) is 62.3 Å². The van der Waals surface area contributed by atoms with E-state index in [1.165, 1.54) is 11.0 Å². The number of ketones is 1. The lowest BCUT2D eigenvalue weighted by Gasteiger charge is -2.37. The zero-order chi connectivity index (χ0) is 31.0. The van der Waals surface area contributed by atoms with Crippen LogP contribution in [0.25, 0.3) is 0 Å². The van der Waals surface area contributed by atoms with E-state index in [1.807, 2.05) is 57.2 Å². The molecule has 44 heavy (non-hydrogen) atoms. The molecule has 8 nitrogen and oxygen atoms in total. The molecule has 6 rings (SSSR count). The Morgan fingerprint density at radius 1 is 1.18 bits per heavy atom. The second-order valence-corrected chi connectivity index (χ2v) is 12.4. The van der Waals surface area contributed by atoms with Crippen molar-refractivity contribution in [3.8, 4) is 5.75 Å². The first-order chi connectivity index (χ1) is 21.1. The molecule has 1 aromatic heterocycles. The molecule has 0 saturated heterocycles. The number of carbonyl (C=O) groups excluding carboxylic acids is 2. The number of benzene rings is 2. The Labute approximate surface area is 255 Å². The molecule has 1 amide bonds. The van der Waals surface area contributed by atoms with E-state index in [4.69, 9.17) is 9.26 Å². The summed E-state index contributed by atoms with van der Waals surface area (Å²) in [6, 6.07) is 14.5. The van der Waals surface area contributed by atoms with E-state index in [9.17, 15) is 14.7 Å². The Kier molecular flexibility index (Phi) is 7.88. The SMILES string of the molecule is CCCc1cc(C(=O)N2C3=CCCC(O)=C3NC3=C(C(=O)CC(C)(C)C3)C2c2ccc(OCc3ccccc3)cc2F)no1. The highest BCUT2D eigenvalue weighted by atomic mass is 19.1. The third-order valence-corrected chi connectivity index (χ3v) is 8.26. The normalized spacial score (nSPS) is 19.5. The van der Waals surface area contributed by atoms with Gasteiger partial charge in [0.2, 0.25) is 0 Å². The number of aliphatic hydroxyl groups excluding tert-OH is 1. The van der Waals surface area contributed by atoms with E-state index in [0.717, 1.165) is 12.0 Å². The number of rotatable bonds is 7. The van der Waals surface area contributed by atoms with E-state index in [-0.39, 0.29) is 41.2 Å². The molecule has 228 valence electrons. The van der Waals surface area contributed by atoms with Gasteiger partial charge in [0.1, 0.15) is 35.4 Å². The number of allylic oxidation sites excluding steroid dienone is 3. The summed E-state index contributed by atoms with van der Waals surface area (Å²) in [7, 11) is 0. The van der Waals surface area contributed by atoms with Gasteiger partial charge in [-0.05, 0) is 42.4 Å². The number of fused-ring (bicyclic) bond motifs is 1. The predicted octanol–water partition coefficient (Wildman–Crippen LogP) is 7.22. The maximum absolute atomic E-state index is 16.3. The van der Waals surface area contributed by atoms with Crippen LogP contribution < -0.4 is 10.1 Å². The summed E-state index contributed by atoms with van der Waals surface area (Å²) in [4.78, 5) is 29.8. The second-order valence-electron chi connectivity index (χ2n) is 12.4. The number of ether oxygens (including phenoxy) is 1. The third-order valence-electron chi connectivity index (χ3n) is 8.26. The maximum atomic E-state index is 16.3. The number of hydrogen-bond acceptors (Lipinski definition) is 7. The molecule has 2 heterocycles. The number of aryl methyl sites for hydroxylation is 1. The van der Waals surface area contributed by atoms with Gasteiger partial charge in [0.05, 0.1) is 11.7 Å². The van der Waals surface area contributed by atoms with Crippen molar-refractivity contribution in [3.05, 3.63) is 117 Å². The minimum atomic E-state index is -1.13. The van der Waals surface area contributed by atoms with Gasteiger partial charge in [-0.25, -0.2) is 4.39 Å². The average Bonchev–Trinajstić information content (AvgIpc) is 3.40. The average molecular weight is 598 g/mol. The first-order valence-corrected chi connectivity index (χ1v) is 15.1. The summed E-state index contributed by atoms with van der Waals surface area (Å²) in [5, 5.41) is 18.4. The molecule has 1 atom stereocenters. The molecule has 0 bridgehead atoms. The summed E-state index contributed by atoms with van der Waals surface area (Å²) in [6.45, 7) is 6.24. The first-order valence-electron chi connectivity index (χ1n) is 15.1. The van der Waals surface area contributed by atoms with E-state index in [1.54, 1.807) is 18.2 Å². The number of nitrogens with one attached hydrogen (secondary N) is 1. The van der Waals surface area contributed by atoms with Crippen LogP contribution in [0.3, 0.4) is 0 Å². The largest absolute Gasteiger partial charge is 0.510 e. The third kappa shape index (κ3) is 5.66. The van der Waals surface area contributed by atoms with Crippen molar-refractivity contribution in [1.82, 2.24) is 15.4 Å². The summed E-state index contributed by atoms with van der Waals surface area (Å²) in [5.41, 5.74) is 2.30. The number of hydrogen-bond donors (Lipinski definition) is 2. The van der Waals surface area contributed by atoms with Gasteiger partial charge >= 0.3 is 0 Å². The van der Waals surface area contributed by atoms with Crippen LogP contribution in [0.5, 0.6) is 5.75 Å². The fourth-order valence-corrected chi connectivity index (χ4v) is 6.24. The number of halogens is 1. The molecule has 2 aliphatic carbocycles. The first kappa shape index (κ1) is 29.4. The highest BCUT2D eigenvalue weighted by molar-refractivity contribution is 6.02. The number of aromatic nitrogens is 1. The van der Waals surface area contributed by atoms with Crippen LogP contribution in [-0.4, -0.2) is 26.9 Å². The monoisotopic (exact) mass is 597 g/mol. The summed E-state index contributed by atoms with van der Waals surface area (Å²) < 4.78 is 27.6. The molecule has 0 saturated carbocycles. The zero-order valence-electron chi connectivity index (χ0n) is 25.2. The van der Waals surface area contributed by atoms with Crippen LogP contribution in [0.2, 0.25) is 0 Å². The molecule has 2 N–H and O–H groups in total. The Morgan fingerprint density at radius 3 is 2.73 bits per heavy atom. The van der Waals surface area contributed by atoms with Gasteiger partial charge in [-0.15, -0.1) is 0 Å². The molecule has 0 fully saturated rings. The quantitative estimate of drug-likeness (QED) is 0.296. The van der Waals surface area contributed by atoms with Gasteiger partial charge in [0.25, 0.3) is 5.91 Å². The van der Waals surface area contributed by atoms with Crippen LogP contribution in [0.1, 0.15) is 86.3 Å². The Balaban J connectivity index is 1.50. The number of Topliss-reactive ketones (excluding diaryl/α,β-unsaturated/α-hetero) is 1. The van der Waals surface area contributed by atoms with Crippen LogP contribution >= 0.6 is 0 Å². The van der Waals surface area contributed by atoms with Crippen LogP contribution in [0.4, 0.5) is 4.39 Å². The lowest BCUT2D eigenvalue weighted by atomic mass is 9.73. The van der Waals surface area contributed by atoms with Gasteiger partial charge in [-0.2, -0.15) is 0 Å². The van der Waals surface area contributed by atoms with Gasteiger partial charge < -0.3 is 19.7 Å². The number of amides is 1. The highest BCUT2D eigenvalue weighted by Gasteiger charge is 2.46. The van der Waals surface area contributed by atoms with E-state index in [2.05, 4.69) is 10.5 Å². The van der Waals surface area contributed by atoms with Crippen LogP contribution in [0.15, 0.2) is 93.6 Å². The second kappa shape index (κ2) is 11.8. The van der Waals surface area contributed by atoms with Crippen molar-refractivity contribution < 1.29 is 28.3 Å². The van der Waals surface area contributed by atoms with Crippen molar-refractivity contribution in [2.24, 2.45) is 5.41 Å². The fraction of sp³-hybridized carbons (Fsp3) is 0.343. The van der Waals surface area contributed by atoms with Crippen molar-refractivity contribution >= 4 is 11.7 Å². The van der Waals surface area contributed by atoms with Gasteiger partial charge in [0.15, 0.2) is 11.5 Å². The van der Waals surface area contributed by atoms with Crippen molar-refractivity contribution in [2.45, 2.75) is 71.9 Å². The van der Waals surface area contributed by atoms with Crippen molar-refractivity contribution in [1.29, 1.82) is 0 Å². The highest BCUT2D eigenvalue weighted by Crippen LogP contribution is 2.48. The minimum absolute atomic E-state index is 0.0413. The smallest absolute Gasteiger partial charge is 0.281 e.